The number of hydrogen-bond donors (Lipinski definition) is 1. The van der Waals surface area contributed by atoms with Gasteiger partial charge in [0.2, 0.25) is 11.8 Å². The van der Waals surface area contributed by atoms with E-state index in [9.17, 15) is 9.59 Å². The number of carbonyl (C=O) groups excluding carboxylic acids is 2. The molecule has 0 spiro atoms. The van der Waals surface area contributed by atoms with Gasteiger partial charge in [0, 0.05) is 37.4 Å². The van der Waals surface area contributed by atoms with Gasteiger partial charge in [0.1, 0.15) is 17.6 Å². The van der Waals surface area contributed by atoms with Gasteiger partial charge < -0.3 is 19.5 Å². The van der Waals surface area contributed by atoms with E-state index >= 15 is 0 Å². The molecule has 1 saturated heterocycles. The number of benzene rings is 2. The first-order valence-electron chi connectivity index (χ1n) is 9.94. The maximum Gasteiger partial charge on any atom is 0.227 e. The Morgan fingerprint density at radius 2 is 1.97 bits per heavy atom. The van der Waals surface area contributed by atoms with Gasteiger partial charge in [-0.05, 0) is 29.8 Å². The molecule has 160 valence electrons. The molecule has 0 bridgehead atoms. The van der Waals surface area contributed by atoms with Crippen molar-refractivity contribution >= 4 is 29.1 Å². The maximum absolute atomic E-state index is 13.2. The van der Waals surface area contributed by atoms with Crippen LogP contribution in [0.5, 0.6) is 5.75 Å². The van der Waals surface area contributed by atoms with E-state index in [4.69, 9.17) is 16.3 Å². The van der Waals surface area contributed by atoms with Crippen LogP contribution in [0, 0.1) is 5.92 Å². The third-order valence-corrected chi connectivity index (χ3v) is 5.73. The van der Waals surface area contributed by atoms with Crippen molar-refractivity contribution in [3.8, 4) is 5.75 Å². The second-order valence-electron chi connectivity index (χ2n) is 7.47. The molecule has 7 nitrogen and oxygen atoms in total. The highest BCUT2D eigenvalue weighted by Crippen LogP contribution is 2.33. The summed E-state index contributed by atoms with van der Waals surface area (Å²) in [6, 6.07) is 14.1. The van der Waals surface area contributed by atoms with Crippen LogP contribution in [0.4, 0.5) is 5.69 Å². The van der Waals surface area contributed by atoms with Crippen LogP contribution in [0.3, 0.4) is 0 Å². The highest BCUT2D eigenvalue weighted by atomic mass is 35.5. The molecule has 1 aromatic heterocycles. The molecule has 8 heteroatoms. The van der Waals surface area contributed by atoms with Crippen LogP contribution >= 0.6 is 11.6 Å². The van der Waals surface area contributed by atoms with Crippen LogP contribution in [-0.2, 0) is 16.6 Å². The number of aryl methyl sites for hydroxylation is 1. The number of nitrogens with zero attached hydrogens (tertiary/aromatic N) is 3. The van der Waals surface area contributed by atoms with Crippen LogP contribution in [0.2, 0.25) is 5.02 Å². The molecule has 1 fully saturated rings. The molecule has 0 radical (unpaired) electrons. The summed E-state index contributed by atoms with van der Waals surface area (Å²) in [4.78, 5) is 31.9. The third-order valence-electron chi connectivity index (χ3n) is 5.48. The fourth-order valence-electron chi connectivity index (χ4n) is 3.84. The molecular formula is C23H23ClN4O3. The van der Waals surface area contributed by atoms with Crippen molar-refractivity contribution < 1.29 is 14.3 Å². The van der Waals surface area contributed by atoms with Gasteiger partial charge in [0.15, 0.2) is 0 Å². The SMILES string of the molecule is COc1ccccc1N1C[C@@H](C(=O)N[C@@H](c2ccc(Cl)cc2)c2nccn2C)CC1=O. The molecule has 2 aromatic carbocycles. The molecule has 3 aromatic rings. The normalized spacial score (nSPS) is 16.9. The minimum absolute atomic E-state index is 0.107. The number of carbonyl (C=O) groups is 2. The van der Waals surface area contributed by atoms with Crippen molar-refractivity contribution in [1.29, 1.82) is 0 Å². The minimum atomic E-state index is -0.479. The standard InChI is InChI=1S/C23H23ClN4O3/c1-27-12-11-25-22(27)21(15-7-9-17(24)10-8-15)26-23(30)16-13-20(29)28(14-16)18-5-3-4-6-19(18)31-2/h3-12,16,21H,13-14H2,1-2H3,(H,26,30)/t16-,21-/m0/s1. The van der Waals surface area contributed by atoms with Crippen molar-refractivity contribution in [3.63, 3.8) is 0 Å². The first-order chi connectivity index (χ1) is 15.0. The number of rotatable bonds is 6. The lowest BCUT2D eigenvalue weighted by atomic mass is 10.0. The van der Waals surface area contributed by atoms with Gasteiger partial charge in [-0.1, -0.05) is 35.9 Å². The lowest BCUT2D eigenvalue weighted by molar-refractivity contribution is -0.126. The van der Waals surface area contributed by atoms with Crippen LogP contribution in [-0.4, -0.2) is 35.0 Å². The Balaban J connectivity index is 1.56. The first kappa shape index (κ1) is 20.9. The lowest BCUT2D eigenvalue weighted by Crippen LogP contribution is -2.37. The molecule has 0 unspecified atom stereocenters. The Morgan fingerprint density at radius 3 is 2.65 bits per heavy atom. The molecule has 0 saturated carbocycles. The average molecular weight is 439 g/mol. The van der Waals surface area contributed by atoms with Gasteiger partial charge in [-0.2, -0.15) is 0 Å². The van der Waals surface area contributed by atoms with Gasteiger partial charge in [-0.3, -0.25) is 9.59 Å². The lowest BCUT2D eigenvalue weighted by Gasteiger charge is -2.22. The minimum Gasteiger partial charge on any atom is -0.495 e. The van der Waals surface area contributed by atoms with Gasteiger partial charge >= 0.3 is 0 Å². The number of para-hydroxylation sites is 2. The molecule has 2 amide bonds. The summed E-state index contributed by atoms with van der Waals surface area (Å²) in [6.07, 6.45) is 3.65. The quantitative estimate of drug-likeness (QED) is 0.640. The second-order valence-corrected chi connectivity index (χ2v) is 7.90. The largest absolute Gasteiger partial charge is 0.495 e. The Kier molecular flexibility index (Phi) is 5.95. The summed E-state index contributed by atoms with van der Waals surface area (Å²) < 4.78 is 7.24. The van der Waals surface area contributed by atoms with E-state index in [2.05, 4.69) is 10.3 Å². The summed E-state index contributed by atoms with van der Waals surface area (Å²) in [5.74, 6) is 0.511. The Bertz CT molecular complexity index is 1100. The van der Waals surface area contributed by atoms with Gasteiger partial charge in [-0.15, -0.1) is 0 Å². The van der Waals surface area contributed by atoms with Crippen molar-refractivity contribution in [3.05, 3.63) is 77.3 Å². The molecule has 31 heavy (non-hydrogen) atoms. The zero-order valence-corrected chi connectivity index (χ0v) is 18.0. The number of halogens is 1. The fourth-order valence-corrected chi connectivity index (χ4v) is 3.96. The van der Waals surface area contributed by atoms with E-state index < -0.39 is 12.0 Å². The predicted octanol–water partition coefficient (Wildman–Crippen LogP) is 3.34. The fraction of sp³-hybridized carbons (Fsp3) is 0.261. The molecule has 4 rings (SSSR count). The van der Waals surface area contributed by atoms with Gasteiger partial charge in [0.05, 0.1) is 18.7 Å². The molecule has 0 aliphatic carbocycles. The number of aromatic nitrogens is 2. The summed E-state index contributed by atoms with van der Waals surface area (Å²) in [6.45, 7) is 0.291. The maximum atomic E-state index is 13.2. The topological polar surface area (TPSA) is 76.5 Å². The smallest absolute Gasteiger partial charge is 0.227 e. The highest BCUT2D eigenvalue weighted by molar-refractivity contribution is 6.30. The van der Waals surface area contributed by atoms with Crippen LogP contribution in [0.1, 0.15) is 23.9 Å². The van der Waals surface area contributed by atoms with E-state index in [-0.39, 0.29) is 18.2 Å². The van der Waals surface area contributed by atoms with Crippen LogP contribution < -0.4 is 15.0 Å². The van der Waals surface area contributed by atoms with Crippen molar-refractivity contribution in [2.24, 2.45) is 13.0 Å². The van der Waals surface area contributed by atoms with Crippen LogP contribution in [0.25, 0.3) is 0 Å². The number of nitrogens with one attached hydrogen (secondary N) is 1. The van der Waals surface area contributed by atoms with Gasteiger partial charge in [-0.25, -0.2) is 4.98 Å². The monoisotopic (exact) mass is 438 g/mol. The molecule has 2 atom stereocenters. The van der Waals surface area contributed by atoms with E-state index in [1.165, 1.54) is 0 Å². The zero-order valence-electron chi connectivity index (χ0n) is 17.3. The van der Waals surface area contributed by atoms with Gasteiger partial charge in [0.25, 0.3) is 0 Å². The predicted molar refractivity (Wildman–Crippen MR) is 118 cm³/mol. The third kappa shape index (κ3) is 4.27. The number of amides is 2. The van der Waals surface area contributed by atoms with E-state index in [1.54, 1.807) is 36.4 Å². The Labute approximate surface area is 185 Å². The molecule has 1 aliphatic heterocycles. The molecule has 1 N–H and O–H groups in total. The van der Waals surface area contributed by atoms with Crippen LogP contribution in [0.15, 0.2) is 60.9 Å². The van der Waals surface area contributed by atoms with E-state index in [0.717, 1.165) is 5.56 Å². The van der Waals surface area contributed by atoms with E-state index in [1.807, 2.05) is 48.1 Å². The van der Waals surface area contributed by atoms with E-state index in [0.29, 0.717) is 28.8 Å². The summed E-state index contributed by atoms with van der Waals surface area (Å²) >= 11 is 6.04. The second kappa shape index (κ2) is 8.81. The Morgan fingerprint density at radius 1 is 1.23 bits per heavy atom. The average Bonchev–Trinajstić information content (AvgIpc) is 3.38. The summed E-state index contributed by atoms with van der Waals surface area (Å²) in [5, 5.41) is 3.70. The Hall–Kier alpha value is -3.32. The molecule has 1 aliphatic rings. The highest BCUT2D eigenvalue weighted by Gasteiger charge is 2.37. The van der Waals surface area contributed by atoms with Crippen molar-refractivity contribution in [2.45, 2.75) is 12.5 Å². The zero-order chi connectivity index (χ0) is 22.0. The number of imidazole rings is 1. The number of hydrogen-bond acceptors (Lipinski definition) is 4. The summed E-state index contributed by atoms with van der Waals surface area (Å²) in [7, 11) is 3.44. The summed E-state index contributed by atoms with van der Waals surface area (Å²) in [5.41, 5.74) is 1.53. The van der Waals surface area contributed by atoms with Crippen molar-refractivity contribution in [1.82, 2.24) is 14.9 Å². The first-order valence-corrected chi connectivity index (χ1v) is 10.3. The molecular weight excluding hydrogens is 416 g/mol. The molecule has 2 heterocycles. The number of ether oxygens (including phenoxy) is 1. The van der Waals surface area contributed by atoms with Crippen molar-refractivity contribution in [2.75, 3.05) is 18.6 Å². The number of anilines is 1. The number of methoxy groups -OCH3 is 1.